The number of halogens is 2. The van der Waals surface area contributed by atoms with Gasteiger partial charge in [-0.1, -0.05) is 48.0 Å². The monoisotopic (exact) mass is 586 g/mol. The number of aliphatic imine (C=N–C) groups is 1. The van der Waals surface area contributed by atoms with Crippen molar-refractivity contribution >= 4 is 51.8 Å². The van der Waals surface area contributed by atoms with E-state index in [1.165, 1.54) is 0 Å². The van der Waals surface area contributed by atoms with E-state index in [4.69, 9.17) is 25.5 Å². The van der Waals surface area contributed by atoms with Gasteiger partial charge < -0.3 is 29.3 Å². The number of hydrogen-bond acceptors (Lipinski definition) is 8. The maximum atomic E-state index is 9.82. The largest absolute Gasteiger partial charge is 0.486 e. The number of nitrogens with zero attached hydrogens (tertiary/aromatic N) is 3. The summed E-state index contributed by atoms with van der Waals surface area (Å²) in [7, 11) is -0.728. The van der Waals surface area contributed by atoms with Gasteiger partial charge in [-0.25, -0.2) is 4.99 Å². The van der Waals surface area contributed by atoms with Gasteiger partial charge in [0.1, 0.15) is 29.3 Å². The Hall–Kier alpha value is -3.18. The van der Waals surface area contributed by atoms with Crippen molar-refractivity contribution in [3.63, 3.8) is 0 Å². The van der Waals surface area contributed by atoms with Crippen molar-refractivity contribution in [3.8, 4) is 5.75 Å². The molecule has 8 nitrogen and oxygen atoms in total. The number of hydrogen-bond donors (Lipinski definition) is 3. The number of aliphatic hydroxyl groups is 2. The van der Waals surface area contributed by atoms with E-state index in [0.717, 1.165) is 27.5 Å². The maximum Gasteiger partial charge on any atom is 0.142 e. The SMILES string of the molecule is Cl.OC[C@@H](O)COS1=C2C(=C(Nc3ccc(OCc4ccccn4)c(Cl)c3)N=CN2Cc2ccccc2)C=C1. The van der Waals surface area contributed by atoms with Crippen LogP contribution < -0.4 is 10.1 Å². The number of fused-ring (bicyclic) bond motifs is 1. The summed E-state index contributed by atoms with van der Waals surface area (Å²) in [6, 6.07) is 21.2. The van der Waals surface area contributed by atoms with E-state index < -0.39 is 16.9 Å². The molecule has 0 saturated carbocycles. The van der Waals surface area contributed by atoms with E-state index in [0.29, 0.717) is 29.7 Å². The third-order valence-electron chi connectivity index (χ3n) is 5.71. The smallest absolute Gasteiger partial charge is 0.142 e. The molecule has 0 fully saturated rings. The van der Waals surface area contributed by atoms with Crippen molar-refractivity contribution in [3.05, 3.63) is 112 Å². The highest BCUT2D eigenvalue weighted by Crippen LogP contribution is 2.36. The minimum atomic E-state index is -0.942. The van der Waals surface area contributed by atoms with E-state index in [1.807, 2.05) is 64.9 Å². The van der Waals surface area contributed by atoms with Crippen LogP contribution in [0, 0.1) is 0 Å². The van der Waals surface area contributed by atoms with Crippen LogP contribution in [0.4, 0.5) is 5.69 Å². The fourth-order valence-corrected chi connectivity index (χ4v) is 5.68. The lowest BCUT2D eigenvalue weighted by atomic mass is 10.1. The molecule has 0 radical (unpaired) electrons. The van der Waals surface area contributed by atoms with Gasteiger partial charge in [0.05, 0.1) is 30.3 Å². The Balaban J connectivity index is 0.00000353. The molecule has 2 atom stereocenters. The van der Waals surface area contributed by atoms with Crippen LogP contribution in [0.1, 0.15) is 11.3 Å². The number of aliphatic hydroxyl groups excluding tert-OH is 2. The molecule has 2 aromatic carbocycles. The normalized spacial score (nSPS) is 16.6. The van der Waals surface area contributed by atoms with E-state index in [9.17, 15) is 10.2 Å². The molecule has 3 N–H and O–H groups in total. The highest BCUT2D eigenvalue weighted by atomic mass is 35.5. The van der Waals surface area contributed by atoms with Crippen LogP contribution in [0.3, 0.4) is 0 Å². The standard InChI is InChI=1S/C28H27ClN4O4S.ClH/c29-25-14-21(9-10-26(25)36-17-22-8-4-5-12-30-22)32-27-24-11-13-38(37-18-23(35)16-34)28(24)33(19-31-27)15-20-6-2-1-3-7-20;/h1-14,19,23,32,34-35H,15-18H2;1H/t23-,38?;/m1./s1. The Labute approximate surface area is 240 Å². The number of ether oxygens (including phenoxy) is 1. The van der Waals surface area contributed by atoms with E-state index in [2.05, 4.69) is 22.4 Å². The summed E-state index contributed by atoms with van der Waals surface area (Å²) in [5.74, 6) is 1.21. The summed E-state index contributed by atoms with van der Waals surface area (Å²) in [6.45, 7) is 0.598. The number of rotatable bonds is 11. The van der Waals surface area contributed by atoms with Crippen LogP contribution >= 0.6 is 34.8 Å². The van der Waals surface area contributed by atoms with Crippen molar-refractivity contribution in [2.75, 3.05) is 18.5 Å². The van der Waals surface area contributed by atoms with Gasteiger partial charge in [0.15, 0.2) is 0 Å². The summed E-state index contributed by atoms with van der Waals surface area (Å²) >= 11 is 6.52. The molecule has 0 bridgehead atoms. The molecule has 204 valence electrons. The minimum Gasteiger partial charge on any atom is -0.486 e. The Morgan fingerprint density at radius 1 is 1.08 bits per heavy atom. The molecule has 0 saturated heterocycles. The molecule has 2 aliphatic heterocycles. The molecule has 0 spiro atoms. The van der Waals surface area contributed by atoms with Crippen LogP contribution in [-0.2, 0) is 17.3 Å². The second kappa shape index (κ2) is 13.7. The van der Waals surface area contributed by atoms with Crippen molar-refractivity contribution in [2.24, 2.45) is 4.99 Å². The Morgan fingerprint density at radius 3 is 2.64 bits per heavy atom. The van der Waals surface area contributed by atoms with Gasteiger partial charge in [0.25, 0.3) is 0 Å². The van der Waals surface area contributed by atoms with Crippen molar-refractivity contribution in [1.29, 1.82) is 0 Å². The average molecular weight is 588 g/mol. The third kappa shape index (κ3) is 7.27. The van der Waals surface area contributed by atoms with Crippen molar-refractivity contribution in [2.45, 2.75) is 19.3 Å². The van der Waals surface area contributed by atoms with Crippen molar-refractivity contribution in [1.82, 2.24) is 9.88 Å². The zero-order valence-electron chi connectivity index (χ0n) is 20.8. The first-order valence-electron chi connectivity index (χ1n) is 12.0. The van der Waals surface area contributed by atoms with Crippen LogP contribution in [0.25, 0.3) is 0 Å². The molecular weight excluding hydrogens is 559 g/mol. The highest BCUT2D eigenvalue weighted by Gasteiger charge is 2.27. The van der Waals surface area contributed by atoms with Gasteiger partial charge in [0, 0.05) is 24.0 Å². The van der Waals surface area contributed by atoms with E-state index in [-0.39, 0.29) is 25.6 Å². The van der Waals surface area contributed by atoms with Gasteiger partial charge in [-0.3, -0.25) is 4.98 Å². The highest BCUT2D eigenvalue weighted by molar-refractivity contribution is 8.15. The number of anilines is 1. The first-order chi connectivity index (χ1) is 18.6. The second-order valence-electron chi connectivity index (χ2n) is 8.53. The Bertz CT molecular complexity index is 1400. The van der Waals surface area contributed by atoms with Crippen molar-refractivity contribution < 1.29 is 19.1 Å². The van der Waals surface area contributed by atoms with Crippen LogP contribution in [0.5, 0.6) is 5.75 Å². The van der Waals surface area contributed by atoms with Crippen LogP contribution in [0.15, 0.2) is 101 Å². The summed E-state index contributed by atoms with van der Waals surface area (Å²) < 4.78 is 11.8. The van der Waals surface area contributed by atoms with Gasteiger partial charge in [-0.2, -0.15) is 0 Å². The fraction of sp³-hybridized carbons (Fsp3) is 0.179. The second-order valence-corrected chi connectivity index (χ2v) is 10.4. The molecule has 1 aromatic heterocycles. The first-order valence-corrected chi connectivity index (χ1v) is 13.6. The quantitative estimate of drug-likeness (QED) is 0.268. The predicted molar refractivity (Wildman–Crippen MR) is 159 cm³/mol. The van der Waals surface area contributed by atoms with Gasteiger partial charge in [0.2, 0.25) is 0 Å². The molecule has 39 heavy (non-hydrogen) atoms. The van der Waals surface area contributed by atoms with E-state index >= 15 is 0 Å². The van der Waals surface area contributed by atoms with Gasteiger partial charge in [-0.15, -0.1) is 12.4 Å². The lowest BCUT2D eigenvalue weighted by molar-refractivity contribution is 0.0603. The first kappa shape index (κ1) is 28.8. The average Bonchev–Trinajstić information content (AvgIpc) is 3.38. The molecule has 3 aromatic rings. The lowest BCUT2D eigenvalue weighted by Crippen LogP contribution is -2.33. The molecule has 11 heteroatoms. The summed E-state index contributed by atoms with van der Waals surface area (Å²) in [6.07, 6.45) is 4.52. The molecule has 1 unspecified atom stereocenters. The number of pyridine rings is 1. The molecular formula is C28H28Cl2N4O4S. The number of benzene rings is 2. The van der Waals surface area contributed by atoms with Crippen LogP contribution in [-0.4, -0.2) is 50.7 Å². The maximum absolute atomic E-state index is 9.82. The number of nitrogens with one attached hydrogen (secondary N) is 1. The molecule has 5 rings (SSSR count). The Kier molecular flexibility index (Phi) is 10.2. The predicted octanol–water partition coefficient (Wildman–Crippen LogP) is 5.11. The number of aromatic nitrogens is 1. The fourth-order valence-electron chi connectivity index (χ4n) is 3.83. The summed E-state index contributed by atoms with van der Waals surface area (Å²) in [5.41, 5.74) is 3.58. The van der Waals surface area contributed by atoms with Gasteiger partial charge >= 0.3 is 0 Å². The molecule has 2 aliphatic rings. The minimum absolute atomic E-state index is 0. The third-order valence-corrected chi connectivity index (χ3v) is 7.62. The lowest BCUT2D eigenvalue weighted by Gasteiger charge is -2.28. The van der Waals surface area contributed by atoms with Crippen LogP contribution in [0.2, 0.25) is 5.02 Å². The zero-order valence-corrected chi connectivity index (χ0v) is 23.2. The summed E-state index contributed by atoms with van der Waals surface area (Å²) in [5, 5.41) is 24.8. The molecule has 0 aliphatic carbocycles. The van der Waals surface area contributed by atoms with Gasteiger partial charge in [-0.05, 0) is 58.1 Å². The molecule has 3 heterocycles. The Morgan fingerprint density at radius 2 is 1.90 bits per heavy atom. The zero-order chi connectivity index (χ0) is 26.3. The van der Waals surface area contributed by atoms with E-state index in [1.54, 1.807) is 18.6 Å². The summed E-state index contributed by atoms with van der Waals surface area (Å²) in [4.78, 5) is 11.9. The topological polar surface area (TPSA) is 99.4 Å². The molecule has 0 amide bonds.